The van der Waals surface area contributed by atoms with Crippen molar-refractivity contribution in [1.29, 1.82) is 0 Å². The Kier molecular flexibility index (Phi) is 6.03. The molecule has 1 fully saturated rings. The van der Waals surface area contributed by atoms with E-state index in [1.807, 2.05) is 31.2 Å². The fourth-order valence-electron chi connectivity index (χ4n) is 2.37. The number of ether oxygens (including phenoxy) is 1. The summed E-state index contributed by atoms with van der Waals surface area (Å²) in [5.41, 5.74) is 1.52. The lowest BCUT2D eigenvalue weighted by atomic mass is 10.2. The number of benzene rings is 1. The number of nitrogens with one attached hydrogen (secondary N) is 2. The van der Waals surface area contributed by atoms with Crippen molar-refractivity contribution in [2.75, 3.05) is 25.1 Å². The second-order valence-electron chi connectivity index (χ2n) is 5.17. The molecule has 9 heteroatoms. The van der Waals surface area contributed by atoms with Crippen LogP contribution in [-0.4, -0.2) is 51.9 Å². The molecule has 2 N–H and O–H groups in total. The molecule has 1 aliphatic heterocycles. The van der Waals surface area contributed by atoms with Crippen LogP contribution in [0.4, 0.5) is 5.69 Å². The number of hydrogen-bond acceptors (Lipinski definition) is 6. The molecule has 0 aliphatic carbocycles. The summed E-state index contributed by atoms with van der Waals surface area (Å²) in [5.74, 6) is 0.639. The molecule has 1 aliphatic rings. The Morgan fingerprint density at radius 2 is 2.39 bits per heavy atom. The smallest absolute Gasteiger partial charge is 0.226 e. The van der Waals surface area contributed by atoms with E-state index in [4.69, 9.17) is 4.74 Å². The van der Waals surface area contributed by atoms with Crippen molar-refractivity contribution >= 4 is 24.0 Å². The number of carbonyl (C=O) groups is 1. The van der Waals surface area contributed by atoms with Crippen LogP contribution in [0.3, 0.4) is 0 Å². The molecule has 1 saturated heterocycles. The fourth-order valence-corrected chi connectivity index (χ4v) is 2.37. The molecule has 1 amide bonds. The van der Waals surface area contributed by atoms with Gasteiger partial charge in [0.1, 0.15) is 0 Å². The largest absolute Gasteiger partial charge is 0.378 e. The highest BCUT2D eigenvalue weighted by Gasteiger charge is 2.17. The number of rotatable bonds is 4. The van der Waals surface area contributed by atoms with Gasteiger partial charge >= 0.3 is 0 Å². The Balaban J connectivity index is 0.00000192. The van der Waals surface area contributed by atoms with Gasteiger partial charge in [-0.2, -0.15) is 4.68 Å². The van der Waals surface area contributed by atoms with E-state index >= 15 is 0 Å². The van der Waals surface area contributed by atoms with Crippen LogP contribution < -0.4 is 10.6 Å². The SMILES string of the molecule is Cc1nnnn1-c1cccc(NC(=O)CC2COCCN2)c1.Cl. The first-order valence-electron chi connectivity index (χ1n) is 7.19. The molecule has 2 heterocycles. The third-order valence-corrected chi connectivity index (χ3v) is 3.43. The predicted molar refractivity (Wildman–Crippen MR) is 87.0 cm³/mol. The van der Waals surface area contributed by atoms with Gasteiger partial charge in [0.05, 0.1) is 18.9 Å². The van der Waals surface area contributed by atoms with E-state index in [1.54, 1.807) is 4.68 Å². The van der Waals surface area contributed by atoms with Gasteiger partial charge in [0.2, 0.25) is 5.91 Å². The van der Waals surface area contributed by atoms with Gasteiger partial charge in [-0.25, -0.2) is 0 Å². The first-order valence-corrected chi connectivity index (χ1v) is 7.19. The van der Waals surface area contributed by atoms with Crippen molar-refractivity contribution in [2.45, 2.75) is 19.4 Å². The molecule has 0 saturated carbocycles. The summed E-state index contributed by atoms with van der Waals surface area (Å²) in [4.78, 5) is 12.1. The molecular formula is C14H19ClN6O2. The molecule has 0 radical (unpaired) electrons. The number of carbonyl (C=O) groups excluding carboxylic acids is 1. The van der Waals surface area contributed by atoms with Gasteiger partial charge < -0.3 is 15.4 Å². The monoisotopic (exact) mass is 338 g/mol. The lowest BCUT2D eigenvalue weighted by molar-refractivity contribution is -0.117. The van der Waals surface area contributed by atoms with Gasteiger partial charge in [-0.05, 0) is 35.5 Å². The van der Waals surface area contributed by atoms with Crippen LogP contribution in [0.15, 0.2) is 24.3 Å². The van der Waals surface area contributed by atoms with Crippen molar-refractivity contribution in [3.05, 3.63) is 30.1 Å². The maximum atomic E-state index is 12.1. The molecule has 23 heavy (non-hydrogen) atoms. The minimum atomic E-state index is -0.0476. The first kappa shape index (κ1) is 17.3. The van der Waals surface area contributed by atoms with Gasteiger partial charge in [-0.15, -0.1) is 17.5 Å². The van der Waals surface area contributed by atoms with Crippen molar-refractivity contribution < 1.29 is 9.53 Å². The van der Waals surface area contributed by atoms with E-state index in [0.717, 1.165) is 12.2 Å². The molecule has 8 nitrogen and oxygen atoms in total. The maximum Gasteiger partial charge on any atom is 0.226 e. The van der Waals surface area contributed by atoms with Crippen molar-refractivity contribution in [1.82, 2.24) is 25.5 Å². The quantitative estimate of drug-likeness (QED) is 0.852. The number of tetrazole rings is 1. The number of amides is 1. The number of hydrogen-bond donors (Lipinski definition) is 2. The second kappa shape index (κ2) is 8.00. The van der Waals surface area contributed by atoms with Crippen molar-refractivity contribution in [2.24, 2.45) is 0 Å². The second-order valence-corrected chi connectivity index (χ2v) is 5.17. The molecule has 1 unspecified atom stereocenters. The Hall–Kier alpha value is -2.03. The van der Waals surface area contributed by atoms with Gasteiger partial charge in [-0.3, -0.25) is 4.79 Å². The minimum Gasteiger partial charge on any atom is -0.378 e. The molecule has 3 rings (SSSR count). The normalized spacial score (nSPS) is 17.3. The van der Waals surface area contributed by atoms with E-state index in [0.29, 0.717) is 31.1 Å². The topological polar surface area (TPSA) is 94.0 Å². The lowest BCUT2D eigenvalue weighted by Gasteiger charge is -2.23. The number of halogens is 1. The highest BCUT2D eigenvalue weighted by molar-refractivity contribution is 5.91. The Morgan fingerprint density at radius 3 is 3.09 bits per heavy atom. The van der Waals surface area contributed by atoms with Crippen LogP contribution in [-0.2, 0) is 9.53 Å². The Labute approximate surface area is 140 Å². The molecule has 0 spiro atoms. The lowest BCUT2D eigenvalue weighted by Crippen LogP contribution is -2.43. The summed E-state index contributed by atoms with van der Waals surface area (Å²) >= 11 is 0. The van der Waals surface area contributed by atoms with Gasteiger partial charge in [0.25, 0.3) is 0 Å². The van der Waals surface area contributed by atoms with Crippen LogP contribution >= 0.6 is 12.4 Å². The third kappa shape index (κ3) is 4.47. The van der Waals surface area contributed by atoms with E-state index in [-0.39, 0.29) is 24.4 Å². The summed E-state index contributed by atoms with van der Waals surface area (Å²) in [6, 6.07) is 7.49. The van der Waals surface area contributed by atoms with Gasteiger partial charge in [0, 0.05) is 24.7 Å². The van der Waals surface area contributed by atoms with E-state index in [9.17, 15) is 4.79 Å². The third-order valence-electron chi connectivity index (χ3n) is 3.43. The number of nitrogens with zero attached hydrogens (tertiary/aromatic N) is 4. The van der Waals surface area contributed by atoms with E-state index in [1.165, 1.54) is 0 Å². The van der Waals surface area contributed by atoms with Gasteiger partial charge in [-0.1, -0.05) is 6.07 Å². The molecule has 0 bridgehead atoms. The molecule has 1 aromatic heterocycles. The van der Waals surface area contributed by atoms with Crippen molar-refractivity contribution in [3.63, 3.8) is 0 Å². The zero-order valence-electron chi connectivity index (χ0n) is 12.7. The maximum absolute atomic E-state index is 12.1. The van der Waals surface area contributed by atoms with E-state index < -0.39 is 0 Å². The first-order chi connectivity index (χ1) is 10.7. The van der Waals surface area contributed by atoms with Crippen LogP contribution in [0, 0.1) is 6.92 Å². The summed E-state index contributed by atoms with van der Waals surface area (Å²) in [7, 11) is 0. The number of morpholine rings is 1. The average molecular weight is 339 g/mol. The molecule has 1 atom stereocenters. The number of anilines is 1. The van der Waals surface area contributed by atoms with Crippen LogP contribution in [0.25, 0.3) is 5.69 Å². The number of aryl methyl sites for hydroxylation is 1. The summed E-state index contributed by atoms with van der Waals surface area (Å²) in [6.45, 7) is 3.87. The van der Waals surface area contributed by atoms with Crippen LogP contribution in [0.5, 0.6) is 0 Å². The predicted octanol–water partition coefficient (Wildman–Crippen LogP) is 0.710. The summed E-state index contributed by atoms with van der Waals surface area (Å²) in [5, 5.41) is 17.5. The average Bonchev–Trinajstić information content (AvgIpc) is 2.94. The highest BCUT2D eigenvalue weighted by atomic mass is 35.5. The zero-order valence-corrected chi connectivity index (χ0v) is 13.5. The molecule has 124 valence electrons. The van der Waals surface area contributed by atoms with Crippen LogP contribution in [0.2, 0.25) is 0 Å². The summed E-state index contributed by atoms with van der Waals surface area (Å²) < 4.78 is 6.96. The van der Waals surface area contributed by atoms with E-state index in [2.05, 4.69) is 26.2 Å². The Bertz CT molecular complexity index is 656. The van der Waals surface area contributed by atoms with Crippen molar-refractivity contribution in [3.8, 4) is 5.69 Å². The summed E-state index contributed by atoms with van der Waals surface area (Å²) in [6.07, 6.45) is 0.383. The molecular weight excluding hydrogens is 320 g/mol. The fraction of sp³-hybridized carbons (Fsp3) is 0.429. The highest BCUT2D eigenvalue weighted by Crippen LogP contribution is 2.15. The molecule has 2 aromatic rings. The molecule has 1 aromatic carbocycles. The van der Waals surface area contributed by atoms with Gasteiger partial charge in [0.15, 0.2) is 5.82 Å². The van der Waals surface area contributed by atoms with Crippen LogP contribution in [0.1, 0.15) is 12.2 Å². The zero-order chi connectivity index (χ0) is 15.4. The minimum absolute atomic E-state index is 0. The Morgan fingerprint density at radius 1 is 1.52 bits per heavy atom. The number of aromatic nitrogens is 4. The standard InChI is InChI=1S/C14H18N6O2.ClH/c1-10-17-18-19-20(10)13-4-2-3-11(7-13)16-14(21)8-12-9-22-6-5-15-12;/h2-4,7,12,15H,5-6,8-9H2,1H3,(H,16,21);1H.